The third-order valence-corrected chi connectivity index (χ3v) is 5.38. The summed E-state index contributed by atoms with van der Waals surface area (Å²) in [5, 5.41) is 2.71. The molecule has 1 amide bonds. The third kappa shape index (κ3) is 5.10. The van der Waals surface area contributed by atoms with Crippen molar-refractivity contribution in [2.75, 3.05) is 7.11 Å². The fourth-order valence-corrected chi connectivity index (χ4v) is 4.00. The van der Waals surface area contributed by atoms with Crippen molar-refractivity contribution < 1.29 is 23.9 Å². The van der Waals surface area contributed by atoms with Gasteiger partial charge in [-0.15, -0.1) is 0 Å². The number of rotatable bonds is 4. The quantitative estimate of drug-likeness (QED) is 0.558. The van der Waals surface area contributed by atoms with Crippen molar-refractivity contribution in [3.63, 3.8) is 0 Å². The molecule has 0 atom stereocenters. The molecule has 1 heterocycles. The van der Waals surface area contributed by atoms with Gasteiger partial charge in [0.2, 0.25) is 5.78 Å². The molecule has 7 heteroatoms. The monoisotopic (exact) mass is 425 g/mol. The van der Waals surface area contributed by atoms with E-state index in [2.05, 4.69) is 5.32 Å². The van der Waals surface area contributed by atoms with Gasteiger partial charge < -0.3 is 14.8 Å². The van der Waals surface area contributed by atoms with E-state index < -0.39 is 17.7 Å². The molecular weight excluding hydrogens is 402 g/mol. The highest BCUT2D eigenvalue weighted by Crippen LogP contribution is 2.43. The molecule has 3 rings (SSSR count). The summed E-state index contributed by atoms with van der Waals surface area (Å²) in [5.74, 6) is -0.577. The van der Waals surface area contributed by atoms with Crippen LogP contribution in [0.15, 0.2) is 52.3 Å². The van der Waals surface area contributed by atoms with E-state index in [0.717, 1.165) is 11.1 Å². The number of alkyl carbamates (subject to hydrolysis) is 1. The van der Waals surface area contributed by atoms with Gasteiger partial charge in [-0.1, -0.05) is 42.1 Å². The maximum absolute atomic E-state index is 12.7. The Morgan fingerprint density at radius 1 is 1.10 bits per heavy atom. The fraction of sp³-hybridized carbons (Fsp3) is 0.261. The number of hydrogen-bond acceptors (Lipinski definition) is 6. The average molecular weight is 426 g/mol. The van der Waals surface area contributed by atoms with Gasteiger partial charge in [-0.3, -0.25) is 4.79 Å². The van der Waals surface area contributed by atoms with Crippen molar-refractivity contribution in [1.29, 1.82) is 0 Å². The summed E-state index contributed by atoms with van der Waals surface area (Å²) in [6, 6.07) is 12.5. The first-order valence-electron chi connectivity index (χ1n) is 9.39. The minimum atomic E-state index is -0.545. The number of carbonyl (C=O) groups is 3. The van der Waals surface area contributed by atoms with Crippen LogP contribution in [0.1, 0.15) is 52.6 Å². The van der Waals surface area contributed by atoms with Crippen molar-refractivity contribution in [3.05, 3.63) is 69.6 Å². The fourth-order valence-electron chi connectivity index (χ4n) is 2.85. The number of carbonyl (C=O) groups excluding carboxylic acids is 3. The summed E-state index contributed by atoms with van der Waals surface area (Å²) in [4.78, 5) is 37.6. The zero-order valence-electron chi connectivity index (χ0n) is 17.3. The molecule has 2 aromatic carbocycles. The lowest BCUT2D eigenvalue weighted by molar-refractivity contribution is 0.0522. The third-order valence-electron chi connectivity index (χ3n) is 4.21. The first-order valence-corrected chi connectivity index (χ1v) is 10.2. The van der Waals surface area contributed by atoms with E-state index in [-0.39, 0.29) is 5.78 Å². The highest BCUT2D eigenvalue weighted by atomic mass is 32.2. The Hall–Kier alpha value is -3.06. The summed E-state index contributed by atoms with van der Waals surface area (Å²) in [5.41, 5.74) is 2.10. The molecule has 0 saturated carbocycles. The maximum Gasteiger partial charge on any atom is 0.407 e. The Morgan fingerprint density at radius 2 is 1.80 bits per heavy atom. The number of ketones is 1. The minimum absolute atomic E-state index is 0.114. The normalized spacial score (nSPS) is 14.4. The van der Waals surface area contributed by atoms with Gasteiger partial charge in [-0.05, 0) is 50.1 Å². The second-order valence-corrected chi connectivity index (χ2v) is 8.76. The van der Waals surface area contributed by atoms with Gasteiger partial charge in [0.1, 0.15) is 5.60 Å². The number of allylic oxidation sites excluding steroid dienone is 1. The van der Waals surface area contributed by atoms with Gasteiger partial charge in [0.25, 0.3) is 0 Å². The standard InChI is InChI=1S/C23H23NO5S/c1-23(2,3)29-22(27)24-13-15-10-8-14(9-11-15)12-18-19(25)16-6-5-7-17(20(16)30-18)21(26)28-4/h5-12H,13H2,1-4H3,(H,24,27)/b18-12-. The van der Waals surface area contributed by atoms with Crippen molar-refractivity contribution in [2.24, 2.45) is 0 Å². The van der Waals surface area contributed by atoms with Crippen LogP contribution in [0.5, 0.6) is 0 Å². The van der Waals surface area contributed by atoms with Crippen LogP contribution in [-0.2, 0) is 16.0 Å². The zero-order valence-corrected chi connectivity index (χ0v) is 18.1. The molecule has 0 saturated heterocycles. The van der Waals surface area contributed by atoms with E-state index in [1.54, 1.807) is 24.3 Å². The van der Waals surface area contributed by atoms with Crippen molar-refractivity contribution >= 4 is 35.7 Å². The van der Waals surface area contributed by atoms with Crippen LogP contribution in [0.4, 0.5) is 4.79 Å². The molecule has 2 aromatic rings. The van der Waals surface area contributed by atoms with E-state index in [0.29, 0.717) is 27.5 Å². The van der Waals surface area contributed by atoms with Gasteiger partial charge in [-0.25, -0.2) is 9.59 Å². The maximum atomic E-state index is 12.7. The summed E-state index contributed by atoms with van der Waals surface area (Å²) < 4.78 is 10.0. The highest BCUT2D eigenvalue weighted by molar-refractivity contribution is 8.05. The molecule has 0 aromatic heterocycles. The Morgan fingerprint density at radius 3 is 2.43 bits per heavy atom. The number of esters is 1. The number of fused-ring (bicyclic) bond motifs is 1. The number of ether oxygens (including phenoxy) is 2. The molecule has 1 N–H and O–H groups in total. The van der Waals surface area contributed by atoms with Crippen LogP contribution in [0.2, 0.25) is 0 Å². The number of methoxy groups -OCH3 is 1. The Bertz CT molecular complexity index is 1020. The molecule has 1 aliphatic rings. The van der Waals surface area contributed by atoms with Crippen molar-refractivity contribution in [1.82, 2.24) is 5.32 Å². The first-order chi connectivity index (χ1) is 14.2. The summed E-state index contributed by atoms with van der Waals surface area (Å²) >= 11 is 1.27. The lowest BCUT2D eigenvalue weighted by Crippen LogP contribution is -2.32. The van der Waals surface area contributed by atoms with Gasteiger partial charge in [0.05, 0.1) is 17.6 Å². The number of hydrogen-bond donors (Lipinski definition) is 1. The molecule has 0 aliphatic carbocycles. The minimum Gasteiger partial charge on any atom is -0.465 e. The Kier molecular flexibility index (Phi) is 6.31. The molecule has 0 bridgehead atoms. The van der Waals surface area contributed by atoms with E-state index in [9.17, 15) is 14.4 Å². The predicted molar refractivity (Wildman–Crippen MR) is 115 cm³/mol. The van der Waals surface area contributed by atoms with Crippen LogP contribution < -0.4 is 5.32 Å². The zero-order chi connectivity index (χ0) is 21.9. The van der Waals surface area contributed by atoms with Gasteiger partial charge in [0.15, 0.2) is 0 Å². The van der Waals surface area contributed by atoms with Crippen molar-refractivity contribution in [3.8, 4) is 0 Å². The summed E-state index contributed by atoms with van der Waals surface area (Å²) in [6.07, 6.45) is 1.32. The Balaban J connectivity index is 1.70. The van der Waals surface area contributed by atoms with Crippen molar-refractivity contribution in [2.45, 2.75) is 37.8 Å². The molecule has 0 spiro atoms. The number of thioether (sulfide) groups is 1. The van der Waals surface area contributed by atoms with Gasteiger partial charge in [0, 0.05) is 17.0 Å². The van der Waals surface area contributed by atoms with E-state index in [4.69, 9.17) is 9.47 Å². The van der Waals surface area contributed by atoms with Crippen LogP contribution in [0.25, 0.3) is 6.08 Å². The van der Waals surface area contributed by atoms with Crippen LogP contribution in [0, 0.1) is 0 Å². The van der Waals surface area contributed by atoms with Gasteiger partial charge >= 0.3 is 12.1 Å². The van der Waals surface area contributed by atoms with Crippen LogP contribution in [0.3, 0.4) is 0 Å². The van der Waals surface area contributed by atoms with E-state index >= 15 is 0 Å². The van der Waals surface area contributed by atoms with Crippen LogP contribution in [-0.4, -0.2) is 30.6 Å². The molecule has 0 fully saturated rings. The number of nitrogens with one attached hydrogen (secondary N) is 1. The van der Waals surface area contributed by atoms with Crippen LogP contribution >= 0.6 is 11.8 Å². The first kappa shape index (κ1) is 21.6. The molecular formula is C23H23NO5S. The molecule has 1 aliphatic heterocycles. The SMILES string of the molecule is COC(=O)c1cccc2c1S/C(=C\c1ccc(CNC(=O)OC(C)(C)C)cc1)C2=O. The second kappa shape index (κ2) is 8.75. The largest absolute Gasteiger partial charge is 0.465 e. The number of benzene rings is 2. The second-order valence-electron chi connectivity index (χ2n) is 7.71. The van der Waals surface area contributed by atoms with E-state index in [1.807, 2.05) is 45.0 Å². The Labute approximate surface area is 179 Å². The number of amides is 1. The summed E-state index contributed by atoms with van der Waals surface area (Å²) in [6.45, 7) is 5.77. The topological polar surface area (TPSA) is 81.7 Å². The molecule has 0 unspecified atom stereocenters. The van der Waals surface area contributed by atoms with Gasteiger partial charge in [-0.2, -0.15) is 0 Å². The lowest BCUT2D eigenvalue weighted by Gasteiger charge is -2.19. The van der Waals surface area contributed by atoms with E-state index in [1.165, 1.54) is 18.9 Å². The molecule has 6 nitrogen and oxygen atoms in total. The number of Topliss-reactive ketones (excluding diaryl/α,β-unsaturated/α-hetero) is 1. The molecule has 0 radical (unpaired) electrons. The predicted octanol–water partition coefficient (Wildman–Crippen LogP) is 4.83. The molecule has 156 valence electrons. The lowest BCUT2D eigenvalue weighted by atomic mass is 10.1. The smallest absolute Gasteiger partial charge is 0.407 e. The summed E-state index contributed by atoms with van der Waals surface area (Å²) in [7, 11) is 1.32. The highest BCUT2D eigenvalue weighted by Gasteiger charge is 2.30. The molecule has 30 heavy (non-hydrogen) atoms. The average Bonchev–Trinajstić information content (AvgIpc) is 3.01.